The van der Waals surface area contributed by atoms with Crippen LogP contribution in [0.3, 0.4) is 0 Å². The molecule has 36 heavy (non-hydrogen) atoms. The maximum absolute atomic E-state index is 12.3. The number of carbonyl (C=O) groups is 4. The van der Waals surface area contributed by atoms with Crippen molar-refractivity contribution in [2.75, 3.05) is 0 Å². The number of hydrogen-bond acceptors (Lipinski definition) is 8. The van der Waals surface area contributed by atoms with Crippen molar-refractivity contribution in [2.45, 2.75) is 59.1 Å². The Morgan fingerprint density at radius 3 is 1.94 bits per heavy atom. The van der Waals surface area contributed by atoms with Gasteiger partial charge in [-0.1, -0.05) is 52.0 Å². The molecule has 0 bridgehead atoms. The molecule has 0 amide bonds. The Hall–Kier alpha value is -3.72. The van der Waals surface area contributed by atoms with Gasteiger partial charge in [-0.05, 0) is 36.8 Å². The lowest BCUT2D eigenvalue weighted by molar-refractivity contribution is -0.144. The number of carboxylic acids is 1. The lowest BCUT2D eigenvalue weighted by Crippen LogP contribution is -2.52. The number of carbonyl (C=O) groups excluding carboxylic acids is 3. The van der Waals surface area contributed by atoms with Crippen LogP contribution in [0, 0.1) is 11.8 Å². The highest BCUT2D eigenvalue weighted by molar-refractivity contribution is 5.89. The Kier molecular flexibility index (Phi) is 9.75. The van der Waals surface area contributed by atoms with Gasteiger partial charge in [0.25, 0.3) is 0 Å². The Bertz CT molecular complexity index is 1100. The van der Waals surface area contributed by atoms with E-state index in [1.807, 2.05) is 0 Å². The lowest BCUT2D eigenvalue weighted by Gasteiger charge is -2.28. The minimum absolute atomic E-state index is 0.0171. The monoisotopic (exact) mass is 499 g/mol. The Labute approximate surface area is 210 Å². The molecule has 0 heterocycles. The van der Waals surface area contributed by atoms with Crippen molar-refractivity contribution in [3.8, 4) is 11.5 Å². The van der Waals surface area contributed by atoms with Crippen molar-refractivity contribution in [3.63, 3.8) is 0 Å². The summed E-state index contributed by atoms with van der Waals surface area (Å²) in [6.07, 6.45) is -1.14. The molecule has 0 aliphatic heterocycles. The van der Waals surface area contributed by atoms with Gasteiger partial charge < -0.3 is 25.1 Å². The van der Waals surface area contributed by atoms with Gasteiger partial charge in [0.05, 0.1) is 17.4 Å². The second-order valence-electron chi connectivity index (χ2n) is 9.36. The molecular formula is C27H33NO8. The Morgan fingerprint density at radius 2 is 1.42 bits per heavy atom. The number of ether oxygens (including phenoxy) is 3. The number of carboxylic acid groups (broad SMARTS) is 1. The molecule has 1 unspecified atom stereocenters. The van der Waals surface area contributed by atoms with Crippen molar-refractivity contribution >= 4 is 23.9 Å². The number of hydrogen-bond donors (Lipinski definition) is 2. The number of rotatable bonds is 11. The van der Waals surface area contributed by atoms with Crippen LogP contribution in [0.1, 0.15) is 57.0 Å². The zero-order chi connectivity index (χ0) is 27.0. The lowest BCUT2D eigenvalue weighted by atomic mass is 9.86. The molecule has 9 nitrogen and oxygen atoms in total. The molecule has 9 heteroatoms. The average molecular weight is 500 g/mol. The summed E-state index contributed by atoms with van der Waals surface area (Å²) in [5, 5.41) is 9.90. The molecule has 3 N–H and O–H groups in total. The second-order valence-corrected chi connectivity index (χ2v) is 9.36. The SMILES string of the molecule is CC(C)C(=O)Oc1ccc(CC(N)(C[C@H](C)OC(=O)c2ccccc2)C(=O)O)cc1OC(=O)C(C)C. The second kappa shape index (κ2) is 12.3. The molecule has 2 aromatic rings. The van der Waals surface area contributed by atoms with Crippen molar-refractivity contribution in [2.24, 2.45) is 17.6 Å². The smallest absolute Gasteiger partial charge is 0.338 e. The van der Waals surface area contributed by atoms with Crippen LogP contribution in [-0.2, 0) is 25.5 Å². The van der Waals surface area contributed by atoms with Gasteiger partial charge in [-0.3, -0.25) is 14.4 Å². The molecule has 0 spiro atoms. The normalized spacial score (nSPS) is 13.6. The van der Waals surface area contributed by atoms with Crippen molar-refractivity contribution in [1.29, 1.82) is 0 Å². The minimum Gasteiger partial charge on any atom is -0.480 e. The highest BCUT2D eigenvalue weighted by Gasteiger charge is 2.37. The highest BCUT2D eigenvalue weighted by atomic mass is 16.6. The van der Waals surface area contributed by atoms with Gasteiger partial charge in [-0.15, -0.1) is 0 Å². The van der Waals surface area contributed by atoms with Crippen molar-refractivity contribution in [3.05, 3.63) is 59.7 Å². The first-order valence-electron chi connectivity index (χ1n) is 11.7. The maximum atomic E-state index is 12.3. The van der Waals surface area contributed by atoms with E-state index in [9.17, 15) is 24.3 Å². The van der Waals surface area contributed by atoms with E-state index in [-0.39, 0.29) is 24.3 Å². The van der Waals surface area contributed by atoms with Gasteiger partial charge in [0.15, 0.2) is 11.5 Å². The summed E-state index contributed by atoms with van der Waals surface area (Å²) in [5.41, 5.74) is 5.23. The first-order valence-corrected chi connectivity index (χ1v) is 11.7. The van der Waals surface area contributed by atoms with Crippen LogP contribution < -0.4 is 15.2 Å². The molecule has 2 rings (SSSR count). The highest BCUT2D eigenvalue weighted by Crippen LogP contribution is 2.32. The fourth-order valence-electron chi connectivity index (χ4n) is 3.26. The van der Waals surface area contributed by atoms with E-state index in [0.29, 0.717) is 11.1 Å². The zero-order valence-electron chi connectivity index (χ0n) is 21.1. The van der Waals surface area contributed by atoms with Gasteiger partial charge in [0, 0.05) is 12.8 Å². The first kappa shape index (κ1) is 28.5. The van der Waals surface area contributed by atoms with E-state index in [4.69, 9.17) is 19.9 Å². The Balaban J connectivity index is 2.26. The van der Waals surface area contributed by atoms with Crippen LogP contribution in [0.2, 0.25) is 0 Å². The van der Waals surface area contributed by atoms with E-state index in [0.717, 1.165) is 0 Å². The van der Waals surface area contributed by atoms with Crippen LogP contribution in [0.5, 0.6) is 11.5 Å². The number of esters is 3. The Morgan fingerprint density at radius 1 is 0.861 bits per heavy atom. The molecule has 0 saturated carbocycles. The molecule has 0 aliphatic rings. The van der Waals surface area contributed by atoms with Crippen LogP contribution >= 0.6 is 0 Å². The quantitative estimate of drug-likeness (QED) is 0.349. The van der Waals surface area contributed by atoms with Gasteiger partial charge >= 0.3 is 23.9 Å². The van der Waals surface area contributed by atoms with Crippen molar-refractivity contribution < 1.29 is 38.5 Å². The number of nitrogens with two attached hydrogens (primary N) is 1. The van der Waals surface area contributed by atoms with Crippen LogP contribution in [0.15, 0.2) is 48.5 Å². The summed E-state index contributed by atoms with van der Waals surface area (Å²) in [7, 11) is 0. The van der Waals surface area contributed by atoms with E-state index < -0.39 is 47.4 Å². The average Bonchev–Trinajstić information content (AvgIpc) is 2.80. The summed E-state index contributed by atoms with van der Waals surface area (Å²) in [5.74, 6) is -3.79. The molecule has 194 valence electrons. The first-order chi connectivity index (χ1) is 16.8. The van der Waals surface area contributed by atoms with Crippen LogP contribution in [0.25, 0.3) is 0 Å². The predicted molar refractivity (Wildman–Crippen MR) is 132 cm³/mol. The maximum Gasteiger partial charge on any atom is 0.338 e. The summed E-state index contributed by atoms with van der Waals surface area (Å²) >= 11 is 0. The van der Waals surface area contributed by atoms with E-state index >= 15 is 0 Å². The molecule has 0 fully saturated rings. The fraction of sp³-hybridized carbons (Fsp3) is 0.407. The predicted octanol–water partition coefficient (Wildman–Crippen LogP) is 3.77. The molecule has 2 aromatic carbocycles. The summed E-state index contributed by atoms with van der Waals surface area (Å²) < 4.78 is 16.2. The van der Waals surface area contributed by atoms with Gasteiger partial charge in [-0.2, -0.15) is 0 Å². The topological polar surface area (TPSA) is 142 Å². The molecule has 0 aromatic heterocycles. The van der Waals surface area contributed by atoms with E-state index in [1.165, 1.54) is 12.1 Å². The van der Waals surface area contributed by atoms with E-state index in [2.05, 4.69) is 0 Å². The third-order valence-electron chi connectivity index (χ3n) is 5.29. The zero-order valence-corrected chi connectivity index (χ0v) is 21.1. The third-order valence-corrected chi connectivity index (χ3v) is 5.29. The van der Waals surface area contributed by atoms with Crippen LogP contribution in [-0.4, -0.2) is 40.6 Å². The molecule has 2 atom stereocenters. The summed E-state index contributed by atoms with van der Waals surface area (Å²) in [6, 6.07) is 12.7. The van der Waals surface area contributed by atoms with E-state index in [1.54, 1.807) is 71.0 Å². The summed E-state index contributed by atoms with van der Waals surface area (Å²) in [6.45, 7) is 8.20. The van der Waals surface area contributed by atoms with Crippen molar-refractivity contribution in [1.82, 2.24) is 0 Å². The van der Waals surface area contributed by atoms with Gasteiger partial charge in [0.1, 0.15) is 11.6 Å². The molecule has 0 saturated heterocycles. The number of benzene rings is 2. The third kappa shape index (κ3) is 7.91. The van der Waals surface area contributed by atoms with Gasteiger partial charge in [-0.25, -0.2) is 4.79 Å². The van der Waals surface area contributed by atoms with Crippen LogP contribution in [0.4, 0.5) is 0 Å². The van der Waals surface area contributed by atoms with Gasteiger partial charge in [0.2, 0.25) is 0 Å². The minimum atomic E-state index is -1.80. The largest absolute Gasteiger partial charge is 0.480 e. The molecule has 0 aliphatic carbocycles. The number of aliphatic carboxylic acids is 1. The summed E-state index contributed by atoms with van der Waals surface area (Å²) in [4.78, 5) is 48.8. The fourth-order valence-corrected chi connectivity index (χ4v) is 3.26. The standard InChI is InChI=1S/C27H33NO8/c1-16(2)23(29)35-21-12-11-19(13-22(21)36-24(30)17(3)4)15-27(28,26(32)33)14-18(5)34-25(31)20-9-7-6-8-10-20/h6-13,16-18H,14-15,28H2,1-5H3,(H,32,33)/t18-,27?/m0/s1. The molecule has 0 radical (unpaired) electrons. The molecular weight excluding hydrogens is 466 g/mol.